The van der Waals surface area contributed by atoms with Gasteiger partial charge in [-0.2, -0.15) is 0 Å². The number of phenols is 1. The molecule has 0 amide bonds. The topological polar surface area (TPSA) is 98.8 Å². The molecule has 3 aromatic rings. The second-order valence-electron chi connectivity index (χ2n) is 10.2. The van der Waals surface area contributed by atoms with Gasteiger partial charge in [0.25, 0.3) is 0 Å². The van der Waals surface area contributed by atoms with E-state index in [0.717, 1.165) is 17.7 Å². The molecule has 0 saturated carbocycles. The van der Waals surface area contributed by atoms with Gasteiger partial charge in [0, 0.05) is 18.0 Å². The number of nitrogens with two attached hydrogens (primary N) is 1. The lowest BCUT2D eigenvalue weighted by atomic mass is 9.90. The highest BCUT2D eigenvalue weighted by Gasteiger charge is 2.32. The number of carbonyl (C=O) groups excluding carboxylic acids is 2. The second kappa shape index (κ2) is 11.0. The van der Waals surface area contributed by atoms with E-state index in [1.807, 2.05) is 62.4 Å². The Bertz CT molecular complexity index is 1230. The highest BCUT2D eigenvalue weighted by molar-refractivity contribution is 6.00. The van der Waals surface area contributed by atoms with E-state index in [1.165, 1.54) is 13.0 Å². The molecular weight excluding hydrogens is 454 g/mol. The van der Waals surface area contributed by atoms with Crippen LogP contribution in [0.15, 0.2) is 72.8 Å². The molecule has 1 unspecified atom stereocenters. The molecule has 0 radical (unpaired) electrons. The van der Waals surface area contributed by atoms with E-state index < -0.39 is 0 Å². The van der Waals surface area contributed by atoms with Crippen LogP contribution in [0.3, 0.4) is 0 Å². The number of rotatable bonds is 1. The third-order valence-electron chi connectivity index (χ3n) is 5.86. The van der Waals surface area contributed by atoms with Crippen LogP contribution in [-0.4, -0.2) is 27.9 Å². The first-order chi connectivity index (χ1) is 16.9. The fourth-order valence-corrected chi connectivity index (χ4v) is 4.23. The normalized spacial score (nSPS) is 18.4. The number of aromatic hydroxyl groups is 1. The summed E-state index contributed by atoms with van der Waals surface area (Å²) in [4.78, 5) is 22.3. The Morgan fingerprint density at radius 2 is 1.42 bits per heavy atom. The molecule has 6 heteroatoms. The zero-order valence-corrected chi connectivity index (χ0v) is 21.6. The Labute approximate surface area is 213 Å². The van der Waals surface area contributed by atoms with E-state index in [9.17, 15) is 9.59 Å². The summed E-state index contributed by atoms with van der Waals surface area (Å²) in [6, 6.07) is 22.0. The molecule has 2 heterocycles. The smallest absolute Gasteiger partial charge is 0.170 e. The first-order valence-corrected chi connectivity index (χ1v) is 12.0. The van der Waals surface area contributed by atoms with E-state index in [0.29, 0.717) is 23.3 Å². The van der Waals surface area contributed by atoms with Crippen molar-refractivity contribution in [3.05, 3.63) is 89.5 Å². The summed E-state index contributed by atoms with van der Waals surface area (Å²) >= 11 is 0. The van der Waals surface area contributed by atoms with Crippen molar-refractivity contribution in [2.75, 3.05) is 0 Å². The van der Waals surface area contributed by atoms with E-state index >= 15 is 0 Å². The van der Waals surface area contributed by atoms with Crippen molar-refractivity contribution in [3.8, 4) is 17.2 Å². The monoisotopic (exact) mass is 489 g/mol. The lowest BCUT2D eigenvalue weighted by Crippen LogP contribution is -2.37. The zero-order valence-electron chi connectivity index (χ0n) is 21.6. The molecule has 3 aromatic carbocycles. The minimum Gasteiger partial charge on any atom is -0.507 e. The molecule has 0 saturated heterocycles. The number of ketones is 2. The van der Waals surface area contributed by atoms with Crippen LogP contribution in [-0.2, 0) is 0 Å². The summed E-state index contributed by atoms with van der Waals surface area (Å²) in [6.07, 6.45) is 1.34. The van der Waals surface area contributed by atoms with Gasteiger partial charge < -0.3 is 20.3 Å². The molecule has 0 aromatic heterocycles. The lowest BCUT2D eigenvalue weighted by molar-refractivity contribution is 0.0619. The van der Waals surface area contributed by atoms with E-state index in [1.54, 1.807) is 18.2 Å². The van der Waals surface area contributed by atoms with Crippen LogP contribution < -0.4 is 15.2 Å². The summed E-state index contributed by atoms with van der Waals surface area (Å²) in [5, 5.41) is 9.06. The number of hydrogen-bond acceptors (Lipinski definition) is 6. The number of hydrogen-bond donors (Lipinski definition) is 2. The Balaban J connectivity index is 0.000000152. The molecular formula is C30H35NO5. The van der Waals surface area contributed by atoms with Crippen molar-refractivity contribution in [1.82, 2.24) is 0 Å². The number of Topliss-reactive ketones (excluding diaryl/α,β-unsaturated/α-hetero) is 2. The minimum absolute atomic E-state index is 0.0509. The third kappa shape index (κ3) is 6.95. The average Bonchev–Trinajstić information content (AvgIpc) is 2.78. The Morgan fingerprint density at radius 1 is 0.861 bits per heavy atom. The molecule has 6 nitrogen and oxygen atoms in total. The number of fused-ring (bicyclic) bond motifs is 2. The van der Waals surface area contributed by atoms with Crippen LogP contribution in [0.25, 0.3) is 0 Å². The van der Waals surface area contributed by atoms with Crippen molar-refractivity contribution >= 4 is 11.6 Å². The van der Waals surface area contributed by atoms with E-state index in [2.05, 4.69) is 13.8 Å². The van der Waals surface area contributed by atoms with Crippen molar-refractivity contribution in [2.24, 2.45) is 5.73 Å². The van der Waals surface area contributed by atoms with Gasteiger partial charge in [-0.25, -0.2) is 0 Å². The van der Waals surface area contributed by atoms with Crippen LogP contribution in [0, 0.1) is 0 Å². The highest BCUT2D eigenvalue weighted by Crippen LogP contribution is 2.37. The fraction of sp³-hybridized carbons (Fsp3) is 0.333. The molecule has 0 spiro atoms. The van der Waals surface area contributed by atoms with Crippen molar-refractivity contribution < 1.29 is 24.2 Å². The molecule has 190 valence electrons. The largest absolute Gasteiger partial charge is 0.507 e. The van der Waals surface area contributed by atoms with Crippen LogP contribution in [0.4, 0.5) is 0 Å². The fourth-order valence-electron chi connectivity index (χ4n) is 4.23. The summed E-state index contributed by atoms with van der Waals surface area (Å²) in [6.45, 7) is 9.43. The summed E-state index contributed by atoms with van der Waals surface area (Å²) in [7, 11) is 0. The average molecular weight is 490 g/mol. The van der Waals surface area contributed by atoms with Gasteiger partial charge in [0.1, 0.15) is 28.5 Å². The molecule has 0 fully saturated rings. The van der Waals surface area contributed by atoms with Crippen LogP contribution >= 0.6 is 0 Å². The van der Waals surface area contributed by atoms with Crippen molar-refractivity contribution in [3.63, 3.8) is 0 Å². The molecule has 0 bridgehead atoms. The Kier molecular flexibility index (Phi) is 8.21. The van der Waals surface area contributed by atoms with E-state index in [4.69, 9.17) is 20.3 Å². The number of phenolic OH excluding ortho intramolecular Hbond substituents is 1. The van der Waals surface area contributed by atoms with Gasteiger partial charge >= 0.3 is 0 Å². The Morgan fingerprint density at radius 3 is 2.06 bits per heavy atom. The quantitative estimate of drug-likeness (QED) is 0.391. The maximum atomic E-state index is 11.6. The van der Waals surface area contributed by atoms with Gasteiger partial charge in [-0.05, 0) is 65.0 Å². The number of para-hydroxylation sites is 3. The zero-order chi connectivity index (χ0) is 26.5. The molecule has 36 heavy (non-hydrogen) atoms. The van der Waals surface area contributed by atoms with Gasteiger partial charge in [-0.15, -0.1) is 0 Å². The molecule has 5 rings (SSSR count). The standard InChI is InChI=1S/C11H15NO.C11H12O2.C8H8O2/c2*1-11(2)7-9(12)8-5-3-4-6-10(8)13-11;1-6(9)7-4-2-3-5-8(7)10/h3-6,9H,7,12H2,1-2H3;3-6H,7H2,1-2H3;2-5,10H,1H3. The number of carbonyl (C=O) groups is 2. The minimum atomic E-state index is -0.356. The predicted octanol–water partition coefficient (Wildman–Crippen LogP) is 6.27. The first-order valence-electron chi connectivity index (χ1n) is 12.0. The molecule has 2 aliphatic rings. The van der Waals surface area contributed by atoms with Gasteiger partial charge in [0.2, 0.25) is 0 Å². The van der Waals surface area contributed by atoms with Gasteiger partial charge in [-0.1, -0.05) is 42.5 Å². The van der Waals surface area contributed by atoms with Gasteiger partial charge in [0.05, 0.1) is 17.5 Å². The molecule has 0 aliphatic carbocycles. The molecule has 3 N–H and O–H groups in total. The number of benzene rings is 3. The van der Waals surface area contributed by atoms with Gasteiger partial charge in [-0.3, -0.25) is 9.59 Å². The first kappa shape index (κ1) is 27.0. The Hall–Kier alpha value is -3.64. The van der Waals surface area contributed by atoms with Crippen LogP contribution in [0.2, 0.25) is 0 Å². The second-order valence-corrected chi connectivity index (χ2v) is 10.2. The van der Waals surface area contributed by atoms with Crippen LogP contribution in [0.5, 0.6) is 17.2 Å². The molecule has 2 aliphatic heterocycles. The maximum Gasteiger partial charge on any atom is 0.170 e. The van der Waals surface area contributed by atoms with Crippen molar-refractivity contribution in [2.45, 2.75) is 64.7 Å². The summed E-state index contributed by atoms with van der Waals surface area (Å²) in [5.41, 5.74) is 7.77. The van der Waals surface area contributed by atoms with Crippen LogP contribution in [0.1, 0.15) is 79.8 Å². The summed E-state index contributed by atoms with van der Waals surface area (Å²) < 4.78 is 11.5. The predicted molar refractivity (Wildman–Crippen MR) is 141 cm³/mol. The van der Waals surface area contributed by atoms with E-state index in [-0.39, 0.29) is 34.6 Å². The van der Waals surface area contributed by atoms with Crippen molar-refractivity contribution in [1.29, 1.82) is 0 Å². The third-order valence-corrected chi connectivity index (χ3v) is 5.86. The molecule has 1 atom stereocenters. The maximum absolute atomic E-state index is 11.6. The number of ether oxygens (including phenoxy) is 2. The highest BCUT2D eigenvalue weighted by atomic mass is 16.5. The lowest BCUT2D eigenvalue weighted by Gasteiger charge is -2.35. The SMILES string of the molecule is CC(=O)c1ccccc1O.CC1(C)CC(=O)c2ccccc2O1.CC1(C)CC(N)c2ccccc2O1. The van der Waals surface area contributed by atoms with Gasteiger partial charge in [0.15, 0.2) is 11.6 Å². The summed E-state index contributed by atoms with van der Waals surface area (Å²) in [5.74, 6) is 1.76.